The van der Waals surface area contributed by atoms with Crippen LogP contribution in [0.25, 0.3) is 0 Å². The van der Waals surface area contributed by atoms with E-state index < -0.39 is 5.54 Å². The maximum absolute atomic E-state index is 11.8. The first kappa shape index (κ1) is 13.8. The van der Waals surface area contributed by atoms with Gasteiger partial charge in [-0.2, -0.15) is 0 Å². The van der Waals surface area contributed by atoms with E-state index in [1.807, 2.05) is 32.9 Å². The maximum atomic E-state index is 11.8. The van der Waals surface area contributed by atoms with Crippen molar-refractivity contribution >= 4 is 23.3 Å². The van der Waals surface area contributed by atoms with Gasteiger partial charge in [0.25, 0.3) is 0 Å². The lowest BCUT2D eigenvalue weighted by Crippen LogP contribution is -2.48. The molecule has 1 atom stereocenters. The highest BCUT2D eigenvalue weighted by Crippen LogP contribution is 2.25. The van der Waals surface area contributed by atoms with Crippen molar-refractivity contribution in [2.24, 2.45) is 5.92 Å². The topological polar surface area (TPSA) is 38.3 Å². The van der Waals surface area contributed by atoms with Crippen molar-refractivity contribution in [2.45, 2.75) is 26.3 Å². The number of carbonyl (C=O) groups is 1. The summed E-state index contributed by atoms with van der Waals surface area (Å²) in [6, 6.07) is 7.24. The Labute approximate surface area is 107 Å². The molecule has 1 aromatic carbocycles. The van der Waals surface area contributed by atoms with E-state index in [0.717, 1.165) is 5.69 Å². The number of esters is 1. The van der Waals surface area contributed by atoms with Crippen molar-refractivity contribution in [3.63, 3.8) is 0 Å². The van der Waals surface area contributed by atoms with Crippen LogP contribution in [0.2, 0.25) is 5.02 Å². The van der Waals surface area contributed by atoms with Gasteiger partial charge in [-0.25, -0.2) is 4.79 Å². The van der Waals surface area contributed by atoms with E-state index >= 15 is 0 Å². The molecule has 3 nitrogen and oxygen atoms in total. The van der Waals surface area contributed by atoms with E-state index in [1.165, 1.54) is 7.11 Å². The normalized spacial score (nSPS) is 14.2. The van der Waals surface area contributed by atoms with Crippen LogP contribution >= 0.6 is 11.6 Å². The average molecular weight is 256 g/mol. The van der Waals surface area contributed by atoms with Gasteiger partial charge in [-0.1, -0.05) is 25.4 Å². The van der Waals surface area contributed by atoms with Crippen LogP contribution in [0, 0.1) is 5.92 Å². The largest absolute Gasteiger partial charge is 0.467 e. The van der Waals surface area contributed by atoms with Gasteiger partial charge in [0.2, 0.25) is 0 Å². The predicted octanol–water partition coefficient (Wildman–Crippen LogP) is 3.34. The molecular formula is C13H18ClNO2. The monoisotopic (exact) mass is 255 g/mol. The van der Waals surface area contributed by atoms with Gasteiger partial charge in [0.1, 0.15) is 5.54 Å². The summed E-state index contributed by atoms with van der Waals surface area (Å²) in [7, 11) is 1.40. The molecule has 0 spiro atoms. The second kappa shape index (κ2) is 5.41. The first-order valence-corrected chi connectivity index (χ1v) is 5.90. The molecule has 0 amide bonds. The minimum Gasteiger partial charge on any atom is -0.467 e. The number of halogens is 1. The van der Waals surface area contributed by atoms with Gasteiger partial charge in [-0.3, -0.25) is 0 Å². The highest BCUT2D eigenvalue weighted by atomic mass is 35.5. The molecule has 0 aliphatic heterocycles. The molecule has 0 aromatic heterocycles. The van der Waals surface area contributed by atoms with E-state index in [2.05, 4.69) is 5.32 Å². The fraction of sp³-hybridized carbons (Fsp3) is 0.462. The summed E-state index contributed by atoms with van der Waals surface area (Å²) in [4.78, 5) is 11.8. The van der Waals surface area contributed by atoms with Crippen LogP contribution < -0.4 is 5.32 Å². The van der Waals surface area contributed by atoms with Crippen LogP contribution in [0.5, 0.6) is 0 Å². The molecule has 17 heavy (non-hydrogen) atoms. The number of ether oxygens (including phenoxy) is 1. The Balaban J connectivity index is 2.95. The van der Waals surface area contributed by atoms with Crippen molar-refractivity contribution in [2.75, 3.05) is 12.4 Å². The summed E-state index contributed by atoms with van der Waals surface area (Å²) in [6.45, 7) is 5.78. The minimum atomic E-state index is -0.747. The van der Waals surface area contributed by atoms with Gasteiger partial charge in [0.15, 0.2) is 0 Å². The Kier molecular flexibility index (Phi) is 4.40. The van der Waals surface area contributed by atoms with Gasteiger partial charge >= 0.3 is 5.97 Å². The standard InChI is InChI=1S/C13H18ClNO2/c1-9(2)13(3,12(16)17-4)15-11-7-5-10(14)6-8-11/h5-9,15H,1-4H3. The molecule has 1 rings (SSSR count). The van der Waals surface area contributed by atoms with Gasteiger partial charge in [0, 0.05) is 10.7 Å². The molecule has 0 radical (unpaired) electrons. The zero-order chi connectivity index (χ0) is 13.1. The fourth-order valence-electron chi connectivity index (χ4n) is 1.48. The smallest absolute Gasteiger partial charge is 0.331 e. The Morgan fingerprint density at radius 3 is 2.29 bits per heavy atom. The maximum Gasteiger partial charge on any atom is 0.331 e. The summed E-state index contributed by atoms with van der Waals surface area (Å²) in [5.41, 5.74) is 0.0961. The zero-order valence-corrected chi connectivity index (χ0v) is 11.3. The van der Waals surface area contributed by atoms with Crippen molar-refractivity contribution < 1.29 is 9.53 Å². The van der Waals surface area contributed by atoms with Crippen molar-refractivity contribution in [3.8, 4) is 0 Å². The Morgan fingerprint density at radius 2 is 1.88 bits per heavy atom. The number of methoxy groups -OCH3 is 1. The summed E-state index contributed by atoms with van der Waals surface area (Å²) in [5.74, 6) is -0.173. The van der Waals surface area contributed by atoms with Gasteiger partial charge in [0.05, 0.1) is 7.11 Å². The number of anilines is 1. The van der Waals surface area contributed by atoms with E-state index in [9.17, 15) is 4.79 Å². The third-order valence-electron chi connectivity index (χ3n) is 3.01. The third-order valence-corrected chi connectivity index (χ3v) is 3.26. The number of hydrogen-bond acceptors (Lipinski definition) is 3. The van der Waals surface area contributed by atoms with Gasteiger partial charge in [-0.05, 0) is 37.1 Å². The lowest BCUT2D eigenvalue weighted by Gasteiger charge is -2.32. The molecule has 1 unspecified atom stereocenters. The molecule has 0 fully saturated rings. The quantitative estimate of drug-likeness (QED) is 0.839. The summed E-state index contributed by atoms with van der Waals surface area (Å²) in [6.07, 6.45) is 0. The summed E-state index contributed by atoms with van der Waals surface area (Å²) < 4.78 is 4.85. The molecule has 94 valence electrons. The third kappa shape index (κ3) is 3.13. The molecule has 1 N–H and O–H groups in total. The molecule has 0 saturated carbocycles. The van der Waals surface area contributed by atoms with Crippen LogP contribution in [0.4, 0.5) is 5.69 Å². The van der Waals surface area contributed by atoms with Crippen LogP contribution in [0.15, 0.2) is 24.3 Å². The van der Waals surface area contributed by atoms with Crippen LogP contribution in [-0.4, -0.2) is 18.6 Å². The molecule has 0 saturated heterocycles. The summed E-state index contributed by atoms with van der Waals surface area (Å²) in [5, 5.41) is 3.87. The van der Waals surface area contributed by atoms with E-state index in [4.69, 9.17) is 16.3 Å². The number of rotatable bonds is 4. The van der Waals surface area contributed by atoms with Crippen molar-refractivity contribution in [1.29, 1.82) is 0 Å². The van der Waals surface area contributed by atoms with Gasteiger partial charge < -0.3 is 10.1 Å². The first-order chi connectivity index (χ1) is 7.90. The highest BCUT2D eigenvalue weighted by molar-refractivity contribution is 6.30. The molecule has 0 aliphatic carbocycles. The SMILES string of the molecule is COC(=O)C(C)(Nc1ccc(Cl)cc1)C(C)C. The van der Waals surface area contributed by atoms with Gasteiger partial charge in [-0.15, -0.1) is 0 Å². The highest BCUT2D eigenvalue weighted by Gasteiger charge is 2.37. The molecule has 0 heterocycles. The lowest BCUT2D eigenvalue weighted by atomic mass is 9.88. The van der Waals surface area contributed by atoms with Crippen LogP contribution in [0.3, 0.4) is 0 Å². The van der Waals surface area contributed by atoms with E-state index in [0.29, 0.717) is 5.02 Å². The molecule has 0 aliphatic rings. The van der Waals surface area contributed by atoms with E-state index in [1.54, 1.807) is 12.1 Å². The average Bonchev–Trinajstić information content (AvgIpc) is 2.30. The Bertz CT molecular complexity index is 389. The number of carbonyl (C=O) groups excluding carboxylic acids is 1. The van der Waals surface area contributed by atoms with Crippen LogP contribution in [0.1, 0.15) is 20.8 Å². The molecule has 1 aromatic rings. The Morgan fingerprint density at radius 1 is 1.35 bits per heavy atom. The molecule has 4 heteroatoms. The number of benzene rings is 1. The number of hydrogen-bond donors (Lipinski definition) is 1. The predicted molar refractivity (Wildman–Crippen MR) is 70.3 cm³/mol. The molecule has 0 bridgehead atoms. The first-order valence-electron chi connectivity index (χ1n) is 5.52. The van der Waals surface area contributed by atoms with Crippen LogP contribution in [-0.2, 0) is 9.53 Å². The summed E-state index contributed by atoms with van der Waals surface area (Å²) >= 11 is 5.82. The second-order valence-corrected chi connectivity index (χ2v) is 4.92. The lowest BCUT2D eigenvalue weighted by molar-refractivity contribution is -0.146. The van der Waals surface area contributed by atoms with E-state index in [-0.39, 0.29) is 11.9 Å². The second-order valence-electron chi connectivity index (χ2n) is 4.48. The fourth-order valence-corrected chi connectivity index (χ4v) is 1.60. The zero-order valence-electron chi connectivity index (χ0n) is 10.6. The number of nitrogens with one attached hydrogen (secondary N) is 1. The van der Waals surface area contributed by atoms with Crippen molar-refractivity contribution in [1.82, 2.24) is 0 Å². The van der Waals surface area contributed by atoms with Crippen molar-refractivity contribution in [3.05, 3.63) is 29.3 Å². The Hall–Kier alpha value is -1.22. The molecular weight excluding hydrogens is 238 g/mol. The minimum absolute atomic E-state index is 0.102.